The SMILES string of the molecule is C#C[C@@]1(COCOC(=O)c2ccccc2)CC[C@H](n2ccc3c(N)nc(Cl)nc32)O1.O=C(O)c1ccccc1. The molecule has 1 aliphatic heterocycles. The summed E-state index contributed by atoms with van der Waals surface area (Å²) in [5.74, 6) is 1.63. The Hall–Kier alpha value is -4.43. The second-order valence-electron chi connectivity index (χ2n) is 8.52. The molecule has 0 aliphatic carbocycles. The Morgan fingerprint density at radius 1 is 1.13 bits per heavy atom. The van der Waals surface area contributed by atoms with E-state index < -0.39 is 17.5 Å². The molecule has 4 aromatic rings. The Labute approximate surface area is 229 Å². The second-order valence-corrected chi connectivity index (χ2v) is 8.86. The number of aromatic carboxylic acids is 1. The van der Waals surface area contributed by atoms with Gasteiger partial charge in [0.1, 0.15) is 17.7 Å². The Morgan fingerprint density at radius 2 is 1.79 bits per heavy atom. The number of fused-ring (bicyclic) bond motifs is 1. The van der Waals surface area contributed by atoms with E-state index >= 15 is 0 Å². The number of carbonyl (C=O) groups is 2. The van der Waals surface area contributed by atoms with E-state index in [1.54, 1.807) is 60.7 Å². The van der Waals surface area contributed by atoms with Gasteiger partial charge in [-0.3, -0.25) is 0 Å². The molecule has 200 valence electrons. The van der Waals surface area contributed by atoms with Gasteiger partial charge in [-0.05, 0) is 54.8 Å². The van der Waals surface area contributed by atoms with Crippen molar-refractivity contribution in [3.05, 3.63) is 89.3 Å². The summed E-state index contributed by atoms with van der Waals surface area (Å²) in [5, 5.41) is 9.13. The molecule has 3 N–H and O–H groups in total. The smallest absolute Gasteiger partial charge is 0.340 e. The highest BCUT2D eigenvalue weighted by Crippen LogP contribution is 2.38. The highest BCUT2D eigenvalue weighted by Gasteiger charge is 2.40. The molecule has 39 heavy (non-hydrogen) atoms. The van der Waals surface area contributed by atoms with E-state index in [2.05, 4.69) is 15.9 Å². The molecule has 0 radical (unpaired) electrons. The quantitative estimate of drug-likeness (QED) is 0.112. The lowest BCUT2D eigenvalue weighted by molar-refractivity contribution is -0.108. The number of anilines is 1. The summed E-state index contributed by atoms with van der Waals surface area (Å²) in [7, 11) is 0. The molecule has 0 bridgehead atoms. The van der Waals surface area contributed by atoms with Crippen LogP contribution in [-0.4, -0.2) is 50.6 Å². The zero-order valence-corrected chi connectivity index (χ0v) is 21.5. The number of hydrogen-bond donors (Lipinski definition) is 2. The second kappa shape index (κ2) is 12.4. The molecule has 0 spiro atoms. The van der Waals surface area contributed by atoms with Crippen molar-refractivity contribution < 1.29 is 28.9 Å². The van der Waals surface area contributed by atoms with E-state index in [1.807, 2.05) is 16.8 Å². The van der Waals surface area contributed by atoms with E-state index in [9.17, 15) is 9.59 Å². The molecule has 11 heteroatoms. The van der Waals surface area contributed by atoms with E-state index in [0.717, 1.165) is 0 Å². The van der Waals surface area contributed by atoms with Crippen molar-refractivity contribution in [2.45, 2.75) is 24.7 Å². The van der Waals surface area contributed by atoms with E-state index in [-0.39, 0.29) is 24.9 Å². The fourth-order valence-corrected chi connectivity index (χ4v) is 4.16. The molecule has 0 amide bonds. The average Bonchev–Trinajstić information content (AvgIpc) is 3.57. The van der Waals surface area contributed by atoms with Gasteiger partial charge in [0.25, 0.3) is 0 Å². The minimum absolute atomic E-state index is 0.0599. The Kier molecular flexibility index (Phi) is 8.78. The summed E-state index contributed by atoms with van der Waals surface area (Å²) in [6.45, 7) is -0.143. The fourth-order valence-electron chi connectivity index (χ4n) is 3.99. The van der Waals surface area contributed by atoms with Crippen LogP contribution in [0.5, 0.6) is 0 Å². The van der Waals surface area contributed by atoms with Gasteiger partial charge in [0.05, 0.1) is 23.1 Å². The number of esters is 1. The molecule has 2 atom stereocenters. The van der Waals surface area contributed by atoms with Crippen molar-refractivity contribution in [3.63, 3.8) is 0 Å². The first kappa shape index (κ1) is 27.6. The average molecular weight is 549 g/mol. The maximum Gasteiger partial charge on any atom is 0.340 e. The van der Waals surface area contributed by atoms with Crippen LogP contribution in [0.3, 0.4) is 0 Å². The Balaban J connectivity index is 0.000000333. The van der Waals surface area contributed by atoms with Gasteiger partial charge in [0.15, 0.2) is 12.4 Å². The number of hydrogen-bond acceptors (Lipinski definition) is 8. The lowest BCUT2D eigenvalue weighted by atomic mass is 10.0. The van der Waals surface area contributed by atoms with Crippen LogP contribution in [0.25, 0.3) is 11.0 Å². The molecule has 1 aliphatic rings. The highest BCUT2D eigenvalue weighted by atomic mass is 35.5. The third kappa shape index (κ3) is 6.72. The lowest BCUT2D eigenvalue weighted by Gasteiger charge is -2.24. The standard InChI is InChI=1S/C21H19ClN4O4.C7H6O2/c1-2-21(12-28-13-29-19(27)14-6-4-3-5-7-14)10-8-16(30-21)26-11-9-15-17(23)24-20(22)25-18(15)26;8-7(9)6-4-2-1-3-5-6/h1,3-7,9,11,16H,8,10,12-13H2,(H2,23,24,25);1-5H,(H,8,9)/t16-,21+;/m1./s1. The van der Waals surface area contributed by atoms with Gasteiger partial charge in [-0.25, -0.2) is 14.6 Å². The van der Waals surface area contributed by atoms with Gasteiger partial charge in [-0.15, -0.1) is 6.42 Å². The first-order valence-corrected chi connectivity index (χ1v) is 12.2. The van der Waals surface area contributed by atoms with Crippen LogP contribution in [0.2, 0.25) is 5.28 Å². The van der Waals surface area contributed by atoms with Crippen molar-refractivity contribution in [2.75, 3.05) is 19.1 Å². The summed E-state index contributed by atoms with van der Waals surface area (Å²) < 4.78 is 18.6. The minimum atomic E-state index is -0.942. The van der Waals surface area contributed by atoms with Crippen LogP contribution in [0, 0.1) is 12.3 Å². The molecule has 0 unspecified atom stereocenters. The molecule has 1 fully saturated rings. The van der Waals surface area contributed by atoms with E-state index in [0.29, 0.717) is 40.8 Å². The zero-order valence-electron chi connectivity index (χ0n) is 20.7. The zero-order chi connectivity index (χ0) is 27.8. The Morgan fingerprint density at radius 3 is 2.41 bits per heavy atom. The third-order valence-corrected chi connectivity index (χ3v) is 6.11. The largest absolute Gasteiger partial charge is 0.478 e. The van der Waals surface area contributed by atoms with Crippen molar-refractivity contribution in [2.24, 2.45) is 0 Å². The number of nitrogens with two attached hydrogens (primary N) is 1. The van der Waals surface area contributed by atoms with Crippen LogP contribution < -0.4 is 5.73 Å². The molecular weight excluding hydrogens is 524 g/mol. The van der Waals surface area contributed by atoms with Gasteiger partial charge >= 0.3 is 11.9 Å². The predicted molar refractivity (Wildman–Crippen MR) is 144 cm³/mol. The molecule has 1 saturated heterocycles. The maximum absolute atomic E-state index is 12.0. The van der Waals surface area contributed by atoms with Crippen LogP contribution in [0.15, 0.2) is 72.9 Å². The number of carbonyl (C=O) groups excluding carboxylic acids is 1. The molecular formula is C28H25ClN4O6. The number of benzene rings is 2. The van der Waals surface area contributed by atoms with Crippen molar-refractivity contribution in [1.29, 1.82) is 0 Å². The summed E-state index contributed by atoms with van der Waals surface area (Å²) >= 11 is 5.95. The van der Waals surface area contributed by atoms with Crippen molar-refractivity contribution in [1.82, 2.24) is 14.5 Å². The predicted octanol–water partition coefficient (Wildman–Crippen LogP) is 4.56. The van der Waals surface area contributed by atoms with Gasteiger partial charge in [0, 0.05) is 6.20 Å². The number of halogens is 1. The first-order chi connectivity index (χ1) is 18.8. The number of nitrogens with zero attached hydrogens (tertiary/aromatic N) is 3. The molecule has 0 saturated carbocycles. The molecule has 3 heterocycles. The van der Waals surface area contributed by atoms with Gasteiger partial charge < -0.3 is 29.6 Å². The normalized spacial score (nSPS) is 18.1. The van der Waals surface area contributed by atoms with E-state index in [4.69, 9.17) is 43.1 Å². The molecule has 2 aromatic heterocycles. The van der Waals surface area contributed by atoms with Crippen LogP contribution in [0.4, 0.5) is 5.82 Å². The van der Waals surface area contributed by atoms with Gasteiger partial charge in [-0.2, -0.15) is 4.98 Å². The van der Waals surface area contributed by atoms with Crippen molar-refractivity contribution in [3.8, 4) is 12.3 Å². The highest BCUT2D eigenvalue weighted by molar-refractivity contribution is 6.28. The van der Waals surface area contributed by atoms with Gasteiger partial charge in [0.2, 0.25) is 5.28 Å². The summed E-state index contributed by atoms with van der Waals surface area (Å²) in [6, 6.07) is 18.8. The third-order valence-electron chi connectivity index (χ3n) is 5.94. The molecule has 2 aromatic carbocycles. The van der Waals surface area contributed by atoms with Crippen LogP contribution in [-0.2, 0) is 14.2 Å². The van der Waals surface area contributed by atoms with Gasteiger partial charge in [-0.1, -0.05) is 42.3 Å². The summed E-state index contributed by atoms with van der Waals surface area (Å²) in [5.41, 5.74) is 6.32. The van der Waals surface area contributed by atoms with Crippen LogP contribution in [0.1, 0.15) is 39.8 Å². The Bertz CT molecular complexity index is 1490. The summed E-state index contributed by atoms with van der Waals surface area (Å²) in [6.07, 6.45) is 8.40. The minimum Gasteiger partial charge on any atom is -0.478 e. The number of nitrogen functional groups attached to an aromatic ring is 1. The number of rotatable bonds is 7. The number of ether oxygens (including phenoxy) is 3. The molecule has 5 rings (SSSR count). The summed E-state index contributed by atoms with van der Waals surface area (Å²) in [4.78, 5) is 30.4. The number of carboxylic acids is 1. The van der Waals surface area contributed by atoms with Crippen molar-refractivity contribution >= 4 is 40.4 Å². The molecule has 10 nitrogen and oxygen atoms in total. The first-order valence-electron chi connectivity index (χ1n) is 11.9. The number of terminal acetylenes is 1. The number of carboxylic acid groups (broad SMARTS) is 1. The maximum atomic E-state index is 12.0. The number of aromatic nitrogens is 3. The van der Waals surface area contributed by atoms with Crippen LogP contribution >= 0.6 is 11.6 Å². The lowest BCUT2D eigenvalue weighted by Crippen LogP contribution is -2.33. The van der Waals surface area contributed by atoms with E-state index in [1.165, 1.54) is 0 Å². The monoisotopic (exact) mass is 548 g/mol. The topological polar surface area (TPSA) is 139 Å². The fraction of sp³-hybridized carbons (Fsp3) is 0.214.